The number of hydrogen-bond acceptors (Lipinski definition) is 3. The van der Waals surface area contributed by atoms with E-state index in [1.54, 1.807) is 6.07 Å². The average molecular weight is 286 g/mol. The van der Waals surface area contributed by atoms with E-state index in [0.717, 1.165) is 11.4 Å². The molecule has 1 heterocycles. The molecule has 0 aliphatic rings. The number of hydrogen-bond donors (Lipinski definition) is 0. The highest BCUT2D eigenvalue weighted by atomic mass is 35.5. The number of carbonyl (C=O) groups excluding carboxylic acids is 2. The second-order valence-electron chi connectivity index (χ2n) is 4.92. The summed E-state index contributed by atoms with van der Waals surface area (Å²) in [7, 11) is 1.37. The lowest BCUT2D eigenvalue weighted by molar-refractivity contribution is -0.146. The number of rotatable bonds is 5. The molecule has 1 unspecified atom stereocenters. The van der Waals surface area contributed by atoms with Gasteiger partial charge in [0.15, 0.2) is 5.78 Å². The van der Waals surface area contributed by atoms with Crippen LogP contribution in [-0.2, 0) is 9.53 Å². The Hall–Kier alpha value is -1.29. The van der Waals surface area contributed by atoms with E-state index in [2.05, 4.69) is 0 Å². The van der Waals surface area contributed by atoms with Crippen LogP contribution in [0.15, 0.2) is 6.07 Å². The van der Waals surface area contributed by atoms with Gasteiger partial charge in [0.05, 0.1) is 13.0 Å². The van der Waals surface area contributed by atoms with Gasteiger partial charge in [-0.1, -0.05) is 13.8 Å². The van der Waals surface area contributed by atoms with Gasteiger partial charge in [-0.3, -0.25) is 4.79 Å². The third-order valence-electron chi connectivity index (χ3n) is 3.26. The quantitative estimate of drug-likeness (QED) is 0.475. The molecule has 0 N–H and O–H groups in total. The molecule has 0 spiro atoms. The van der Waals surface area contributed by atoms with Crippen LogP contribution < -0.4 is 0 Å². The Labute approximate surface area is 118 Å². The molecule has 19 heavy (non-hydrogen) atoms. The van der Waals surface area contributed by atoms with Crippen molar-refractivity contribution >= 4 is 23.4 Å². The van der Waals surface area contributed by atoms with Crippen molar-refractivity contribution in [1.82, 2.24) is 4.57 Å². The molecule has 4 nitrogen and oxygen atoms in total. The minimum absolute atomic E-state index is 0.0607. The van der Waals surface area contributed by atoms with E-state index >= 15 is 0 Å². The Morgan fingerprint density at radius 3 is 2.37 bits per heavy atom. The lowest BCUT2D eigenvalue weighted by Gasteiger charge is -2.23. The standard InChI is InChI=1S/C14H20ClNO3/c1-8(2)13(14(18)19-5)16-9(3)6-11(10(16)4)12(17)7-15/h6,8,13H,7H2,1-5H3. The highest BCUT2D eigenvalue weighted by Crippen LogP contribution is 2.27. The smallest absolute Gasteiger partial charge is 0.329 e. The number of aryl methyl sites for hydroxylation is 1. The Balaban J connectivity index is 3.36. The Morgan fingerprint density at radius 2 is 1.95 bits per heavy atom. The molecule has 0 amide bonds. The van der Waals surface area contributed by atoms with Crippen LogP contribution >= 0.6 is 11.6 Å². The van der Waals surface area contributed by atoms with Gasteiger partial charge in [0.25, 0.3) is 0 Å². The first-order valence-corrected chi connectivity index (χ1v) is 6.74. The third-order valence-corrected chi connectivity index (χ3v) is 3.50. The van der Waals surface area contributed by atoms with Crippen molar-refractivity contribution in [2.45, 2.75) is 33.7 Å². The molecular weight excluding hydrogens is 266 g/mol. The molecule has 1 aromatic rings. The van der Waals surface area contributed by atoms with E-state index in [4.69, 9.17) is 16.3 Å². The fourth-order valence-corrected chi connectivity index (χ4v) is 2.50. The van der Waals surface area contributed by atoms with E-state index in [-0.39, 0.29) is 23.6 Å². The summed E-state index contributed by atoms with van der Waals surface area (Å²) in [6.45, 7) is 7.59. The minimum Gasteiger partial charge on any atom is -0.467 e. The summed E-state index contributed by atoms with van der Waals surface area (Å²) in [6, 6.07) is 1.35. The Kier molecular flexibility index (Phi) is 5.18. The molecule has 0 fully saturated rings. The summed E-state index contributed by atoms with van der Waals surface area (Å²) < 4.78 is 6.72. The summed E-state index contributed by atoms with van der Waals surface area (Å²) >= 11 is 5.60. The van der Waals surface area contributed by atoms with Crippen LogP contribution in [0, 0.1) is 19.8 Å². The zero-order chi connectivity index (χ0) is 14.7. The second kappa shape index (κ2) is 6.24. The monoisotopic (exact) mass is 285 g/mol. The minimum atomic E-state index is -0.429. The molecule has 0 aromatic carbocycles. The van der Waals surface area contributed by atoms with Crippen molar-refractivity contribution in [3.05, 3.63) is 23.0 Å². The van der Waals surface area contributed by atoms with Gasteiger partial charge in [-0.05, 0) is 25.8 Å². The van der Waals surface area contributed by atoms with Crippen LogP contribution in [0.2, 0.25) is 0 Å². The van der Waals surface area contributed by atoms with Gasteiger partial charge in [-0.25, -0.2) is 4.79 Å². The van der Waals surface area contributed by atoms with Gasteiger partial charge in [0.1, 0.15) is 6.04 Å². The van der Waals surface area contributed by atoms with E-state index in [9.17, 15) is 9.59 Å². The predicted octanol–water partition coefficient (Wildman–Crippen LogP) is 2.90. The molecule has 0 bridgehead atoms. The lowest BCUT2D eigenvalue weighted by Crippen LogP contribution is -2.27. The normalized spacial score (nSPS) is 12.6. The Morgan fingerprint density at radius 1 is 1.37 bits per heavy atom. The van der Waals surface area contributed by atoms with Crippen LogP contribution in [0.3, 0.4) is 0 Å². The number of esters is 1. The summed E-state index contributed by atoms with van der Waals surface area (Å²) in [4.78, 5) is 23.7. The summed E-state index contributed by atoms with van der Waals surface area (Å²) in [6.07, 6.45) is 0. The number of ketones is 1. The number of Topliss-reactive ketones (excluding diaryl/α,β-unsaturated/α-hetero) is 1. The maximum Gasteiger partial charge on any atom is 0.329 e. The molecule has 106 valence electrons. The first kappa shape index (κ1) is 15.8. The van der Waals surface area contributed by atoms with E-state index in [1.807, 2.05) is 32.3 Å². The van der Waals surface area contributed by atoms with Crippen molar-refractivity contribution < 1.29 is 14.3 Å². The van der Waals surface area contributed by atoms with Gasteiger partial charge in [-0.2, -0.15) is 0 Å². The molecule has 1 rings (SSSR count). The van der Waals surface area contributed by atoms with E-state index in [1.165, 1.54) is 7.11 Å². The molecule has 5 heteroatoms. The van der Waals surface area contributed by atoms with Crippen LogP contribution in [0.1, 0.15) is 41.6 Å². The molecule has 1 atom stereocenters. The summed E-state index contributed by atoms with van der Waals surface area (Å²) in [5.74, 6) is -0.430. The van der Waals surface area contributed by atoms with Gasteiger partial charge in [-0.15, -0.1) is 11.6 Å². The Bertz CT molecular complexity index is 491. The largest absolute Gasteiger partial charge is 0.467 e. The second-order valence-corrected chi connectivity index (χ2v) is 5.19. The average Bonchev–Trinajstić information content (AvgIpc) is 2.65. The van der Waals surface area contributed by atoms with Crippen molar-refractivity contribution in [2.75, 3.05) is 13.0 Å². The van der Waals surface area contributed by atoms with Crippen LogP contribution in [-0.4, -0.2) is 29.3 Å². The predicted molar refractivity (Wildman–Crippen MR) is 74.8 cm³/mol. The SMILES string of the molecule is COC(=O)C(C(C)C)n1c(C)cc(C(=O)CCl)c1C. The molecule has 0 aliphatic heterocycles. The number of alkyl halides is 1. The fourth-order valence-electron chi connectivity index (χ4n) is 2.36. The van der Waals surface area contributed by atoms with Gasteiger partial charge in [0.2, 0.25) is 0 Å². The number of halogens is 1. The van der Waals surface area contributed by atoms with Gasteiger partial charge < -0.3 is 9.30 Å². The van der Waals surface area contributed by atoms with Gasteiger partial charge in [0, 0.05) is 17.0 Å². The fraction of sp³-hybridized carbons (Fsp3) is 0.571. The van der Waals surface area contributed by atoms with Crippen molar-refractivity contribution in [2.24, 2.45) is 5.92 Å². The highest BCUT2D eigenvalue weighted by Gasteiger charge is 2.29. The molecule has 0 aliphatic carbocycles. The van der Waals surface area contributed by atoms with Crippen molar-refractivity contribution in [3.8, 4) is 0 Å². The maximum atomic E-state index is 12.0. The number of methoxy groups -OCH3 is 1. The zero-order valence-corrected chi connectivity index (χ0v) is 12.7. The third kappa shape index (κ3) is 3.00. The maximum absolute atomic E-state index is 12.0. The zero-order valence-electron chi connectivity index (χ0n) is 12.0. The van der Waals surface area contributed by atoms with Gasteiger partial charge >= 0.3 is 5.97 Å². The van der Waals surface area contributed by atoms with Crippen molar-refractivity contribution in [3.63, 3.8) is 0 Å². The number of carbonyl (C=O) groups is 2. The van der Waals surface area contributed by atoms with Crippen LogP contribution in [0.25, 0.3) is 0 Å². The van der Waals surface area contributed by atoms with Crippen LogP contribution in [0.5, 0.6) is 0 Å². The van der Waals surface area contributed by atoms with E-state index in [0.29, 0.717) is 5.56 Å². The molecular formula is C14H20ClNO3. The molecule has 0 radical (unpaired) electrons. The molecule has 1 aromatic heterocycles. The topological polar surface area (TPSA) is 48.3 Å². The number of aromatic nitrogens is 1. The summed E-state index contributed by atoms with van der Waals surface area (Å²) in [5.41, 5.74) is 2.18. The number of ether oxygens (including phenoxy) is 1. The van der Waals surface area contributed by atoms with Crippen molar-refractivity contribution in [1.29, 1.82) is 0 Å². The van der Waals surface area contributed by atoms with Crippen LogP contribution in [0.4, 0.5) is 0 Å². The number of nitrogens with zero attached hydrogens (tertiary/aromatic N) is 1. The first-order valence-electron chi connectivity index (χ1n) is 6.20. The molecule has 0 saturated heterocycles. The first-order chi connectivity index (χ1) is 8.84. The highest BCUT2D eigenvalue weighted by molar-refractivity contribution is 6.30. The van der Waals surface area contributed by atoms with E-state index < -0.39 is 6.04 Å². The lowest BCUT2D eigenvalue weighted by atomic mass is 10.0. The summed E-state index contributed by atoms with van der Waals surface area (Å²) in [5, 5.41) is 0. The molecule has 0 saturated carbocycles.